The van der Waals surface area contributed by atoms with Crippen molar-refractivity contribution in [2.24, 2.45) is 5.92 Å². The second-order valence-corrected chi connectivity index (χ2v) is 8.90. The number of phenols is 1. The number of allylic oxidation sites excluding steroid dienone is 1. The molecule has 1 aliphatic heterocycles. The van der Waals surface area contributed by atoms with Crippen molar-refractivity contribution in [3.05, 3.63) is 66.4 Å². The van der Waals surface area contributed by atoms with Crippen LogP contribution in [0.5, 0.6) is 11.5 Å². The molecule has 1 fully saturated rings. The van der Waals surface area contributed by atoms with Crippen LogP contribution in [0.2, 0.25) is 0 Å². The molecule has 1 saturated heterocycles. The van der Waals surface area contributed by atoms with E-state index in [0.29, 0.717) is 5.56 Å². The van der Waals surface area contributed by atoms with E-state index in [4.69, 9.17) is 4.18 Å². The number of unbranched alkanes of at least 4 members (excludes halogenated alkanes) is 1. The lowest BCUT2D eigenvalue weighted by atomic mass is 9.89. The number of para-hydroxylation sites is 1. The third-order valence-electron chi connectivity index (χ3n) is 5.13. The Morgan fingerprint density at radius 2 is 1.90 bits per heavy atom. The van der Waals surface area contributed by atoms with Crippen LogP contribution >= 0.6 is 0 Å². The summed E-state index contributed by atoms with van der Waals surface area (Å²) in [6.07, 6.45) is 7.96. The molecule has 2 aromatic rings. The Labute approximate surface area is 177 Å². The van der Waals surface area contributed by atoms with Gasteiger partial charge in [0.15, 0.2) is 5.78 Å². The molecule has 0 unspecified atom stereocenters. The Bertz CT molecular complexity index is 1010. The van der Waals surface area contributed by atoms with Gasteiger partial charge in [0.05, 0.1) is 0 Å². The highest BCUT2D eigenvalue weighted by atomic mass is 32.2. The molecule has 0 atom stereocenters. The molecular weight excluding hydrogens is 402 g/mol. The highest BCUT2D eigenvalue weighted by molar-refractivity contribution is 7.87. The average molecular weight is 430 g/mol. The van der Waals surface area contributed by atoms with Crippen molar-refractivity contribution in [1.29, 1.82) is 0 Å². The van der Waals surface area contributed by atoms with E-state index in [1.165, 1.54) is 36.4 Å². The standard InChI is InChI=1S/C23H27NO5S/c1-2-3-6-14-24-15-12-18(13-16-24)23(26)19-8-7-9-20(17-19)29-30(27,28)22-11-5-4-10-21(22)25/h4-11,14,17-18,25H,2-3,12-13,15-16H2,1H3/b14-6+. The summed E-state index contributed by atoms with van der Waals surface area (Å²) in [6, 6.07) is 11.8. The first-order valence-corrected chi connectivity index (χ1v) is 11.6. The topological polar surface area (TPSA) is 83.9 Å². The lowest BCUT2D eigenvalue weighted by Gasteiger charge is -2.30. The minimum Gasteiger partial charge on any atom is -0.506 e. The van der Waals surface area contributed by atoms with E-state index in [1.54, 1.807) is 12.1 Å². The molecule has 30 heavy (non-hydrogen) atoms. The summed E-state index contributed by atoms with van der Waals surface area (Å²) in [5, 5.41) is 9.80. The summed E-state index contributed by atoms with van der Waals surface area (Å²) in [7, 11) is -4.21. The molecule has 0 spiro atoms. The van der Waals surface area contributed by atoms with Crippen LogP contribution in [0.1, 0.15) is 43.0 Å². The molecule has 1 heterocycles. The number of hydrogen-bond acceptors (Lipinski definition) is 6. The molecular formula is C23H27NO5S. The van der Waals surface area contributed by atoms with Crippen molar-refractivity contribution in [2.75, 3.05) is 13.1 Å². The molecule has 0 bridgehead atoms. The Morgan fingerprint density at radius 3 is 2.60 bits per heavy atom. The second kappa shape index (κ2) is 9.80. The van der Waals surface area contributed by atoms with Crippen LogP contribution in [-0.2, 0) is 10.1 Å². The number of phenolic OH excluding ortho intramolecular Hbond substituents is 1. The van der Waals surface area contributed by atoms with E-state index in [9.17, 15) is 18.3 Å². The predicted molar refractivity (Wildman–Crippen MR) is 115 cm³/mol. The van der Waals surface area contributed by atoms with Crippen molar-refractivity contribution in [3.63, 3.8) is 0 Å². The van der Waals surface area contributed by atoms with Crippen molar-refractivity contribution in [3.8, 4) is 11.5 Å². The van der Waals surface area contributed by atoms with Gasteiger partial charge in [0.25, 0.3) is 0 Å². The summed E-state index contributed by atoms with van der Waals surface area (Å²) in [5.74, 6) is -0.433. The van der Waals surface area contributed by atoms with Gasteiger partial charge in [-0.3, -0.25) is 4.79 Å². The van der Waals surface area contributed by atoms with Crippen LogP contribution in [0, 0.1) is 5.92 Å². The minimum absolute atomic E-state index is 0.00223. The van der Waals surface area contributed by atoms with Crippen molar-refractivity contribution in [2.45, 2.75) is 37.5 Å². The van der Waals surface area contributed by atoms with Crippen LogP contribution in [0.3, 0.4) is 0 Å². The molecule has 160 valence electrons. The number of carbonyl (C=O) groups excluding carboxylic acids is 1. The van der Waals surface area contributed by atoms with Gasteiger partial charge in [-0.05, 0) is 49.7 Å². The SMILES string of the molecule is CCC/C=C/N1CCC(C(=O)c2cccc(OS(=O)(=O)c3ccccc3O)c2)CC1. The third kappa shape index (κ3) is 5.42. The fourth-order valence-electron chi connectivity index (χ4n) is 3.48. The smallest absolute Gasteiger partial charge is 0.342 e. The van der Waals surface area contributed by atoms with Gasteiger partial charge in [0.2, 0.25) is 0 Å². The number of ketones is 1. The van der Waals surface area contributed by atoms with E-state index in [2.05, 4.69) is 24.1 Å². The van der Waals surface area contributed by atoms with Gasteiger partial charge in [-0.1, -0.05) is 43.7 Å². The van der Waals surface area contributed by atoms with Gasteiger partial charge in [-0.25, -0.2) is 0 Å². The zero-order valence-corrected chi connectivity index (χ0v) is 17.8. The third-order valence-corrected chi connectivity index (χ3v) is 6.43. The lowest BCUT2D eigenvalue weighted by molar-refractivity contribution is 0.0865. The van der Waals surface area contributed by atoms with Gasteiger partial charge in [-0.15, -0.1) is 0 Å². The number of carbonyl (C=O) groups is 1. The molecule has 0 saturated carbocycles. The van der Waals surface area contributed by atoms with E-state index in [-0.39, 0.29) is 28.1 Å². The molecule has 7 heteroatoms. The molecule has 0 aliphatic carbocycles. The highest BCUT2D eigenvalue weighted by Crippen LogP contribution is 2.28. The summed E-state index contributed by atoms with van der Waals surface area (Å²) in [4.78, 5) is 14.8. The van der Waals surface area contributed by atoms with Gasteiger partial charge in [-0.2, -0.15) is 8.42 Å². The van der Waals surface area contributed by atoms with Crippen LogP contribution in [0.15, 0.2) is 65.7 Å². The van der Waals surface area contributed by atoms with E-state index in [0.717, 1.165) is 38.8 Å². The fraction of sp³-hybridized carbons (Fsp3) is 0.348. The van der Waals surface area contributed by atoms with Crippen LogP contribution < -0.4 is 4.18 Å². The zero-order chi connectivity index (χ0) is 21.6. The Hall–Kier alpha value is -2.80. The quantitative estimate of drug-likeness (QED) is 0.496. The average Bonchev–Trinajstić information content (AvgIpc) is 2.74. The summed E-state index contributed by atoms with van der Waals surface area (Å²) in [6.45, 7) is 3.80. The minimum atomic E-state index is -4.21. The van der Waals surface area contributed by atoms with Crippen LogP contribution in [0.4, 0.5) is 0 Å². The summed E-state index contributed by atoms with van der Waals surface area (Å²) >= 11 is 0. The highest BCUT2D eigenvalue weighted by Gasteiger charge is 2.26. The number of rotatable bonds is 8. The van der Waals surface area contributed by atoms with Gasteiger partial charge < -0.3 is 14.2 Å². The second-order valence-electron chi connectivity index (χ2n) is 7.38. The first-order valence-electron chi connectivity index (χ1n) is 10.2. The number of piperidine rings is 1. The summed E-state index contributed by atoms with van der Waals surface area (Å²) in [5.41, 5.74) is 0.431. The number of Topliss-reactive ketones (excluding diaryl/α,β-unsaturated/α-hetero) is 1. The molecule has 0 aromatic heterocycles. The van der Waals surface area contributed by atoms with E-state index in [1.807, 2.05) is 0 Å². The normalized spacial score (nSPS) is 15.4. The maximum Gasteiger partial charge on any atom is 0.342 e. The van der Waals surface area contributed by atoms with E-state index >= 15 is 0 Å². The van der Waals surface area contributed by atoms with Crippen molar-refractivity contribution >= 4 is 15.9 Å². The first-order chi connectivity index (χ1) is 14.4. The van der Waals surface area contributed by atoms with Crippen molar-refractivity contribution < 1.29 is 22.5 Å². The maximum atomic E-state index is 12.9. The first kappa shape index (κ1) is 21.9. The van der Waals surface area contributed by atoms with Gasteiger partial charge >= 0.3 is 10.1 Å². The number of hydrogen-bond donors (Lipinski definition) is 1. The molecule has 2 aromatic carbocycles. The predicted octanol–water partition coefficient (Wildman–Crippen LogP) is 4.37. The number of likely N-dealkylation sites (tertiary alicyclic amines) is 1. The van der Waals surface area contributed by atoms with E-state index < -0.39 is 10.1 Å². The molecule has 1 aliphatic rings. The molecule has 6 nitrogen and oxygen atoms in total. The number of nitrogens with zero attached hydrogens (tertiary/aromatic N) is 1. The molecule has 1 N–H and O–H groups in total. The van der Waals surface area contributed by atoms with Crippen LogP contribution in [-0.4, -0.2) is 37.3 Å². The number of aromatic hydroxyl groups is 1. The Balaban J connectivity index is 1.67. The molecule has 3 rings (SSSR count). The monoisotopic (exact) mass is 429 g/mol. The zero-order valence-electron chi connectivity index (χ0n) is 17.0. The Kier molecular flexibility index (Phi) is 7.15. The lowest BCUT2D eigenvalue weighted by Crippen LogP contribution is -2.33. The van der Waals surface area contributed by atoms with Crippen molar-refractivity contribution in [1.82, 2.24) is 4.90 Å². The largest absolute Gasteiger partial charge is 0.506 e. The maximum absolute atomic E-state index is 12.9. The number of benzene rings is 2. The summed E-state index contributed by atoms with van der Waals surface area (Å²) < 4.78 is 30.1. The Morgan fingerprint density at radius 1 is 1.17 bits per heavy atom. The molecule has 0 amide bonds. The van der Waals surface area contributed by atoms with Gasteiger partial charge in [0, 0.05) is 24.6 Å². The van der Waals surface area contributed by atoms with Crippen LogP contribution in [0.25, 0.3) is 0 Å². The van der Waals surface area contributed by atoms with Gasteiger partial charge in [0.1, 0.15) is 16.4 Å². The fourth-order valence-corrected chi connectivity index (χ4v) is 4.49. The molecule has 0 radical (unpaired) electrons.